The molecule has 0 bridgehead atoms. The van der Waals surface area contributed by atoms with Crippen LogP contribution in [-0.4, -0.2) is 56.8 Å². The largest absolute Gasteiger partial charge is 0.352 e. The zero-order chi connectivity index (χ0) is 25.4. The zero-order valence-electron chi connectivity index (χ0n) is 20.3. The Kier molecular flexibility index (Phi) is 6.13. The van der Waals surface area contributed by atoms with Gasteiger partial charge in [-0.1, -0.05) is 6.07 Å². The summed E-state index contributed by atoms with van der Waals surface area (Å²) in [5.74, 6) is 0.190. The highest BCUT2D eigenvalue weighted by molar-refractivity contribution is 6.05. The molecule has 0 radical (unpaired) electrons. The molecule has 36 heavy (non-hydrogen) atoms. The fourth-order valence-electron chi connectivity index (χ4n) is 4.97. The Balaban J connectivity index is 0.00000320. The molecule has 186 valence electrons. The highest BCUT2D eigenvalue weighted by Crippen LogP contribution is 2.30. The number of pyridine rings is 2. The predicted octanol–water partition coefficient (Wildman–Crippen LogP) is 4.71. The van der Waals surface area contributed by atoms with Crippen LogP contribution < -0.4 is 10.2 Å². The van der Waals surface area contributed by atoms with Gasteiger partial charge in [0.05, 0.1) is 17.6 Å². The second-order valence-corrected chi connectivity index (χ2v) is 9.19. The lowest BCUT2D eigenvalue weighted by Crippen LogP contribution is -2.58. The molecule has 1 saturated heterocycles. The Labute approximate surface area is 209 Å². The maximum absolute atomic E-state index is 13.2. The van der Waals surface area contributed by atoms with Crippen LogP contribution in [0.1, 0.15) is 32.6 Å². The van der Waals surface area contributed by atoms with E-state index in [9.17, 15) is 14.0 Å². The van der Waals surface area contributed by atoms with Crippen LogP contribution in [0, 0.1) is 5.82 Å². The molecule has 1 aromatic carbocycles. The number of nitrogens with zero attached hydrogens (tertiary/aromatic N) is 4. The molecular weight excluding hydrogens is 459 g/mol. The van der Waals surface area contributed by atoms with Gasteiger partial charge in [0.15, 0.2) is 0 Å². The van der Waals surface area contributed by atoms with E-state index >= 15 is 0 Å². The third kappa shape index (κ3) is 4.51. The molecule has 2 atom stereocenters. The van der Waals surface area contributed by atoms with Crippen molar-refractivity contribution >= 4 is 34.4 Å². The van der Waals surface area contributed by atoms with E-state index in [0.29, 0.717) is 30.0 Å². The lowest BCUT2D eigenvalue weighted by Gasteiger charge is -2.44. The number of hydrogen-bond donors (Lipinski definition) is 2. The maximum atomic E-state index is 13.2. The number of H-pyrrole nitrogens is 1. The highest BCUT2D eigenvalue weighted by atomic mass is 19.1. The summed E-state index contributed by atoms with van der Waals surface area (Å²) in [5.41, 5.74) is 3.19. The highest BCUT2D eigenvalue weighted by Gasteiger charge is 2.31. The minimum absolute atomic E-state index is 0. The third-order valence-corrected chi connectivity index (χ3v) is 6.51. The number of piperazine rings is 1. The number of carbonyl (C=O) groups is 2. The van der Waals surface area contributed by atoms with Gasteiger partial charge >= 0.3 is 0 Å². The molecule has 5 rings (SSSR count). The molecule has 1 aliphatic rings. The number of nitrogens with one attached hydrogen (secondary N) is 2. The lowest BCUT2D eigenvalue weighted by atomic mass is 10.1. The Morgan fingerprint density at radius 3 is 2.53 bits per heavy atom. The first-order chi connectivity index (χ1) is 17.3. The third-order valence-electron chi connectivity index (χ3n) is 6.51. The molecule has 4 aromatic rings. The summed E-state index contributed by atoms with van der Waals surface area (Å²) in [6.45, 7) is 7.13. The number of aromatic amines is 1. The average Bonchev–Trinajstić information content (AvgIpc) is 3.27. The van der Waals surface area contributed by atoms with E-state index in [2.05, 4.69) is 34.0 Å². The number of benzene rings is 1. The summed E-state index contributed by atoms with van der Waals surface area (Å²) in [4.78, 5) is 41.3. The van der Waals surface area contributed by atoms with E-state index in [0.717, 1.165) is 22.5 Å². The van der Waals surface area contributed by atoms with Crippen molar-refractivity contribution in [1.29, 1.82) is 0 Å². The van der Waals surface area contributed by atoms with Crippen molar-refractivity contribution < 1.29 is 15.4 Å². The molecule has 0 spiro atoms. The van der Waals surface area contributed by atoms with Crippen molar-refractivity contribution in [2.75, 3.05) is 23.3 Å². The Hall–Kier alpha value is -4.27. The number of halogens is 1. The van der Waals surface area contributed by atoms with Gasteiger partial charge in [0.1, 0.15) is 17.3 Å². The van der Waals surface area contributed by atoms with Crippen LogP contribution in [0.5, 0.6) is 0 Å². The van der Waals surface area contributed by atoms with Gasteiger partial charge in [0.25, 0.3) is 5.91 Å². The number of aromatic nitrogens is 3. The smallest absolute Gasteiger partial charge is 0.255 e. The molecule has 9 heteroatoms. The normalized spacial score (nSPS) is 17.9. The molecule has 2 amide bonds. The van der Waals surface area contributed by atoms with Crippen LogP contribution in [0.3, 0.4) is 0 Å². The monoisotopic (exact) mass is 488 g/mol. The van der Waals surface area contributed by atoms with Gasteiger partial charge < -0.3 is 20.1 Å². The molecule has 8 nitrogen and oxygen atoms in total. The van der Waals surface area contributed by atoms with Crippen molar-refractivity contribution in [3.8, 4) is 11.3 Å². The number of amides is 2. The minimum Gasteiger partial charge on any atom is -0.352 e. The molecule has 0 unspecified atom stereocenters. The SMILES string of the molecule is CC(=O)N1[C@H](C)CN(c2cccc(-c3c[nH]c4ncc(NC(=O)c5ccc(F)cc5)cc34)n2)C[C@@H]1C.[HH]. The van der Waals surface area contributed by atoms with Gasteiger partial charge in [-0.2, -0.15) is 0 Å². The van der Waals surface area contributed by atoms with Crippen LogP contribution in [-0.2, 0) is 4.79 Å². The van der Waals surface area contributed by atoms with Gasteiger partial charge in [0.2, 0.25) is 5.91 Å². The first kappa shape index (κ1) is 23.5. The van der Waals surface area contributed by atoms with Gasteiger partial charge in [0, 0.05) is 56.2 Å². The Morgan fingerprint density at radius 2 is 1.83 bits per heavy atom. The van der Waals surface area contributed by atoms with Crippen molar-refractivity contribution in [2.45, 2.75) is 32.9 Å². The van der Waals surface area contributed by atoms with Crippen LogP contribution in [0.15, 0.2) is 60.9 Å². The summed E-state index contributed by atoms with van der Waals surface area (Å²) < 4.78 is 13.2. The molecule has 4 heterocycles. The number of carbonyl (C=O) groups excluding carboxylic acids is 2. The van der Waals surface area contributed by atoms with Gasteiger partial charge in [-0.25, -0.2) is 14.4 Å². The predicted molar refractivity (Wildman–Crippen MR) is 139 cm³/mol. The van der Waals surface area contributed by atoms with E-state index < -0.39 is 5.82 Å². The van der Waals surface area contributed by atoms with E-state index in [1.165, 1.54) is 24.3 Å². The van der Waals surface area contributed by atoms with Crippen LogP contribution >= 0.6 is 0 Å². The van der Waals surface area contributed by atoms with Crippen LogP contribution in [0.4, 0.5) is 15.9 Å². The lowest BCUT2D eigenvalue weighted by molar-refractivity contribution is -0.133. The maximum Gasteiger partial charge on any atom is 0.255 e. The number of anilines is 2. The second-order valence-electron chi connectivity index (χ2n) is 9.19. The molecule has 0 aliphatic carbocycles. The Bertz CT molecular complexity index is 1430. The molecule has 1 aliphatic heterocycles. The van der Waals surface area contributed by atoms with E-state index in [1.54, 1.807) is 13.1 Å². The zero-order valence-corrected chi connectivity index (χ0v) is 20.3. The molecule has 0 saturated carbocycles. The summed E-state index contributed by atoms with van der Waals surface area (Å²) in [7, 11) is 0. The molecule has 1 fully saturated rings. The fourth-order valence-corrected chi connectivity index (χ4v) is 4.97. The molecular formula is C27H29FN6O2. The van der Waals surface area contributed by atoms with Crippen molar-refractivity contribution in [1.82, 2.24) is 19.9 Å². The number of fused-ring (bicyclic) bond motifs is 1. The minimum atomic E-state index is -0.397. The topological polar surface area (TPSA) is 94.2 Å². The average molecular weight is 489 g/mol. The summed E-state index contributed by atoms with van der Waals surface area (Å²) in [6, 6.07) is 13.3. The van der Waals surface area contributed by atoms with Crippen molar-refractivity contribution in [3.63, 3.8) is 0 Å². The van der Waals surface area contributed by atoms with Crippen LogP contribution in [0.2, 0.25) is 0 Å². The van der Waals surface area contributed by atoms with Crippen molar-refractivity contribution in [3.05, 3.63) is 72.3 Å². The van der Waals surface area contributed by atoms with Gasteiger partial charge in [-0.05, 0) is 56.3 Å². The summed E-state index contributed by atoms with van der Waals surface area (Å²) in [5, 5.41) is 3.64. The second kappa shape index (κ2) is 9.41. The van der Waals surface area contributed by atoms with E-state index in [-0.39, 0.29) is 25.3 Å². The van der Waals surface area contributed by atoms with Crippen LogP contribution in [0.25, 0.3) is 22.3 Å². The quantitative estimate of drug-likeness (QED) is 0.434. The van der Waals surface area contributed by atoms with E-state index in [1.807, 2.05) is 35.4 Å². The summed E-state index contributed by atoms with van der Waals surface area (Å²) in [6.07, 6.45) is 3.43. The fraction of sp³-hybridized carbons (Fsp3) is 0.259. The summed E-state index contributed by atoms with van der Waals surface area (Å²) >= 11 is 0. The van der Waals surface area contributed by atoms with E-state index in [4.69, 9.17) is 4.98 Å². The van der Waals surface area contributed by atoms with Gasteiger partial charge in [-0.15, -0.1) is 0 Å². The Morgan fingerprint density at radius 1 is 1.11 bits per heavy atom. The molecule has 2 N–H and O–H groups in total. The van der Waals surface area contributed by atoms with Crippen molar-refractivity contribution in [2.24, 2.45) is 0 Å². The van der Waals surface area contributed by atoms with Gasteiger partial charge in [-0.3, -0.25) is 9.59 Å². The number of rotatable bonds is 4. The number of hydrogen-bond acceptors (Lipinski definition) is 5. The standard InChI is InChI=1S/C27H27FN6O2.H2/c1-16-14-33(15-17(2)34(16)18(3)35)25-6-4-5-24(32-25)23-13-30-26-22(23)11-21(12-29-26)31-27(36)19-7-9-20(28)10-8-19;/h4-13,16-17H,14-15H2,1-3H3,(H,29,30)(H,31,36);1H/t16-,17+;. The molecule has 3 aromatic heterocycles. The first-order valence-corrected chi connectivity index (χ1v) is 11.9. The first-order valence-electron chi connectivity index (χ1n) is 11.9.